The zero-order valence-electron chi connectivity index (χ0n) is 16.1. The van der Waals surface area contributed by atoms with E-state index in [0.29, 0.717) is 5.75 Å². The number of carbonyl (C=O) groups excluding carboxylic acids is 2. The second kappa shape index (κ2) is 8.31. The molecular weight excluding hydrogens is 408 g/mol. The van der Waals surface area contributed by atoms with Gasteiger partial charge in [0.15, 0.2) is 29.6 Å². The van der Waals surface area contributed by atoms with Crippen LogP contribution in [-0.4, -0.2) is 46.1 Å². The number of nitrogens with one attached hydrogen (secondary N) is 1. The summed E-state index contributed by atoms with van der Waals surface area (Å²) < 4.78 is 55.1. The van der Waals surface area contributed by atoms with E-state index in [9.17, 15) is 18.4 Å². The van der Waals surface area contributed by atoms with Crippen LogP contribution in [-0.2, 0) is 9.53 Å². The van der Waals surface area contributed by atoms with Crippen LogP contribution >= 0.6 is 0 Å². The van der Waals surface area contributed by atoms with Crippen LogP contribution in [0.5, 0.6) is 28.7 Å². The summed E-state index contributed by atoms with van der Waals surface area (Å²) in [5.74, 6) is -1.16. The summed E-state index contributed by atoms with van der Waals surface area (Å²) in [4.78, 5) is 24.4. The normalized spacial score (nSPS) is 13.4. The molecule has 0 aromatic heterocycles. The average Bonchev–Trinajstić information content (AvgIpc) is 3.03. The van der Waals surface area contributed by atoms with Crippen molar-refractivity contribution >= 4 is 17.6 Å². The van der Waals surface area contributed by atoms with E-state index in [1.807, 2.05) is 0 Å². The highest BCUT2D eigenvalue weighted by Crippen LogP contribution is 2.42. The van der Waals surface area contributed by atoms with Crippen molar-refractivity contribution in [2.24, 2.45) is 0 Å². The Morgan fingerprint density at radius 3 is 2.23 bits per heavy atom. The Kier molecular flexibility index (Phi) is 5.81. The molecule has 0 atom stereocenters. The molecule has 9 nitrogen and oxygen atoms in total. The molecule has 160 valence electrons. The predicted molar refractivity (Wildman–Crippen MR) is 97.7 cm³/mol. The van der Waals surface area contributed by atoms with Crippen LogP contribution in [0.15, 0.2) is 30.3 Å². The summed E-state index contributed by atoms with van der Waals surface area (Å²) in [6.45, 7) is -0.638. The number of hydrogen-bond acceptors (Lipinski definition) is 8. The lowest BCUT2D eigenvalue weighted by Crippen LogP contribution is -2.25. The Hall–Kier alpha value is -3.76. The first-order valence-electron chi connectivity index (χ1n) is 8.43. The topological polar surface area (TPSA) is 102 Å². The molecule has 1 aliphatic heterocycles. The molecule has 0 aliphatic carbocycles. The lowest BCUT2D eigenvalue weighted by atomic mass is 10.1. The maximum absolute atomic E-state index is 13.0. The van der Waals surface area contributed by atoms with E-state index in [1.165, 1.54) is 45.6 Å². The average molecular weight is 425 g/mol. The number of rotatable bonds is 7. The number of anilines is 1. The molecule has 1 N–H and O–H groups in total. The van der Waals surface area contributed by atoms with E-state index in [-0.39, 0.29) is 34.2 Å². The monoisotopic (exact) mass is 425 g/mol. The Labute approximate surface area is 169 Å². The van der Waals surface area contributed by atoms with Crippen molar-refractivity contribution in [3.05, 3.63) is 35.9 Å². The molecule has 0 radical (unpaired) electrons. The lowest BCUT2D eigenvalue weighted by molar-refractivity contribution is -0.286. The summed E-state index contributed by atoms with van der Waals surface area (Å²) in [7, 11) is 4.18. The van der Waals surface area contributed by atoms with Crippen LogP contribution in [0.1, 0.15) is 10.4 Å². The standard InChI is InChI=1S/C19H17F2NO8/c1-25-13-8-15(27-3)14(26-2)7-11(13)18(24)28-9-17(23)22-10-4-5-12-16(6-10)30-19(20,21)29-12/h4-8H,9H2,1-3H3,(H,22,23). The quantitative estimate of drug-likeness (QED) is 0.676. The number of alkyl halides is 2. The fourth-order valence-electron chi connectivity index (χ4n) is 2.62. The molecule has 1 amide bonds. The Balaban J connectivity index is 1.64. The fourth-order valence-corrected chi connectivity index (χ4v) is 2.62. The first-order valence-corrected chi connectivity index (χ1v) is 8.43. The number of halogens is 2. The van der Waals surface area contributed by atoms with Gasteiger partial charge in [0.25, 0.3) is 5.91 Å². The van der Waals surface area contributed by atoms with Crippen LogP contribution in [0.4, 0.5) is 14.5 Å². The van der Waals surface area contributed by atoms with Gasteiger partial charge < -0.3 is 33.7 Å². The molecule has 0 saturated heterocycles. The van der Waals surface area contributed by atoms with Crippen LogP contribution in [0.3, 0.4) is 0 Å². The van der Waals surface area contributed by atoms with E-state index in [4.69, 9.17) is 18.9 Å². The van der Waals surface area contributed by atoms with Crippen molar-refractivity contribution in [1.82, 2.24) is 0 Å². The molecule has 3 rings (SSSR count). The van der Waals surface area contributed by atoms with Crippen molar-refractivity contribution < 1.29 is 46.8 Å². The number of methoxy groups -OCH3 is 3. The second-order valence-corrected chi connectivity index (χ2v) is 5.86. The smallest absolute Gasteiger partial charge is 0.496 e. The first kappa shape index (κ1) is 21.0. The van der Waals surface area contributed by atoms with Crippen molar-refractivity contribution in [2.75, 3.05) is 33.3 Å². The Bertz CT molecular complexity index is 979. The largest absolute Gasteiger partial charge is 0.586 e. The van der Waals surface area contributed by atoms with E-state index in [2.05, 4.69) is 14.8 Å². The van der Waals surface area contributed by atoms with Gasteiger partial charge in [-0.05, 0) is 12.1 Å². The molecule has 1 heterocycles. The van der Waals surface area contributed by atoms with Gasteiger partial charge in [0.05, 0.1) is 21.3 Å². The molecule has 0 fully saturated rings. The number of esters is 1. The summed E-state index contributed by atoms with van der Waals surface area (Å²) in [5.41, 5.74) is 0.174. The van der Waals surface area contributed by atoms with Crippen LogP contribution < -0.4 is 29.0 Å². The minimum Gasteiger partial charge on any atom is -0.496 e. The predicted octanol–water partition coefficient (Wildman–Crippen LogP) is 2.83. The van der Waals surface area contributed by atoms with Gasteiger partial charge in [0.2, 0.25) is 0 Å². The minimum atomic E-state index is -3.76. The van der Waals surface area contributed by atoms with E-state index < -0.39 is 24.8 Å². The number of fused-ring (bicyclic) bond motifs is 1. The third-order valence-corrected chi connectivity index (χ3v) is 3.94. The van der Waals surface area contributed by atoms with Crippen LogP contribution in [0, 0.1) is 0 Å². The zero-order chi connectivity index (χ0) is 21.9. The maximum Gasteiger partial charge on any atom is 0.586 e. The highest BCUT2D eigenvalue weighted by Gasteiger charge is 2.43. The van der Waals surface area contributed by atoms with Crippen molar-refractivity contribution in [3.8, 4) is 28.7 Å². The molecule has 1 aliphatic rings. The van der Waals surface area contributed by atoms with Gasteiger partial charge in [-0.2, -0.15) is 0 Å². The first-order chi connectivity index (χ1) is 14.3. The van der Waals surface area contributed by atoms with Gasteiger partial charge in [-0.15, -0.1) is 8.78 Å². The summed E-state index contributed by atoms with van der Waals surface area (Å²) in [6, 6.07) is 6.51. The zero-order valence-corrected chi connectivity index (χ0v) is 16.1. The molecule has 0 spiro atoms. The fraction of sp³-hybridized carbons (Fsp3) is 0.263. The summed E-state index contributed by atoms with van der Waals surface area (Å²) in [6.07, 6.45) is -3.76. The van der Waals surface area contributed by atoms with Crippen LogP contribution in [0.25, 0.3) is 0 Å². The lowest BCUT2D eigenvalue weighted by Gasteiger charge is -2.13. The highest BCUT2D eigenvalue weighted by atomic mass is 19.3. The van der Waals surface area contributed by atoms with Crippen LogP contribution in [0.2, 0.25) is 0 Å². The molecule has 11 heteroatoms. The molecule has 2 aromatic rings. The highest BCUT2D eigenvalue weighted by molar-refractivity contribution is 5.97. The summed E-state index contributed by atoms with van der Waals surface area (Å²) >= 11 is 0. The maximum atomic E-state index is 13.0. The van der Waals surface area contributed by atoms with Gasteiger partial charge >= 0.3 is 12.3 Å². The van der Waals surface area contributed by atoms with Crippen molar-refractivity contribution in [3.63, 3.8) is 0 Å². The number of hydrogen-bond donors (Lipinski definition) is 1. The van der Waals surface area contributed by atoms with Gasteiger partial charge in [0.1, 0.15) is 11.3 Å². The van der Waals surface area contributed by atoms with Crippen molar-refractivity contribution in [1.29, 1.82) is 0 Å². The summed E-state index contributed by atoms with van der Waals surface area (Å²) in [5, 5.41) is 2.40. The number of ether oxygens (including phenoxy) is 6. The molecule has 30 heavy (non-hydrogen) atoms. The van der Waals surface area contributed by atoms with Crippen molar-refractivity contribution in [2.45, 2.75) is 6.29 Å². The van der Waals surface area contributed by atoms with E-state index in [1.54, 1.807) is 0 Å². The molecule has 2 aromatic carbocycles. The van der Waals surface area contributed by atoms with Gasteiger partial charge in [0, 0.05) is 23.9 Å². The molecule has 0 unspecified atom stereocenters. The molecule has 0 bridgehead atoms. The second-order valence-electron chi connectivity index (χ2n) is 5.86. The SMILES string of the molecule is COc1cc(OC)c(C(=O)OCC(=O)Nc2ccc3c(c2)OC(F)(F)O3)cc1OC. The third kappa shape index (κ3) is 4.45. The van der Waals surface area contributed by atoms with Gasteiger partial charge in [-0.3, -0.25) is 4.79 Å². The Morgan fingerprint density at radius 2 is 1.57 bits per heavy atom. The van der Waals surface area contributed by atoms with Gasteiger partial charge in [-0.25, -0.2) is 4.79 Å². The Morgan fingerprint density at radius 1 is 0.933 bits per heavy atom. The van der Waals surface area contributed by atoms with E-state index in [0.717, 1.165) is 6.07 Å². The minimum absolute atomic E-state index is 0.0215. The van der Waals surface area contributed by atoms with E-state index >= 15 is 0 Å². The molecular formula is C19H17F2NO8. The third-order valence-electron chi connectivity index (χ3n) is 3.94. The molecule has 0 saturated carbocycles. The van der Waals surface area contributed by atoms with Gasteiger partial charge in [-0.1, -0.05) is 0 Å². The number of amides is 1. The number of carbonyl (C=O) groups is 2. The number of benzene rings is 2.